The topological polar surface area (TPSA) is 41.5 Å². The number of morpholine rings is 1. The van der Waals surface area contributed by atoms with Crippen molar-refractivity contribution in [3.05, 3.63) is 26.6 Å². The molecule has 0 aliphatic carbocycles. The summed E-state index contributed by atoms with van der Waals surface area (Å²) in [5.41, 5.74) is 1.10. The van der Waals surface area contributed by atoms with Crippen molar-refractivity contribution in [2.75, 3.05) is 19.8 Å². The summed E-state index contributed by atoms with van der Waals surface area (Å²) in [5, 5.41) is 12.9. The largest absolute Gasteiger partial charge is 0.506 e. The summed E-state index contributed by atoms with van der Waals surface area (Å²) in [6, 6.07) is 4.02. The Morgan fingerprint density at radius 1 is 1.33 bits per heavy atom. The van der Waals surface area contributed by atoms with Crippen LogP contribution in [0.4, 0.5) is 0 Å². The standard InChI is InChI=1S/C10H11Br2NO2/c11-7-3-6(4-8(12)10(7)14)9-5-15-2-1-13-9/h3-4,9,13-14H,1-2,5H2/t9-/m1/s1. The molecule has 1 aliphatic rings. The molecule has 1 aliphatic heterocycles. The Balaban J connectivity index is 2.27. The van der Waals surface area contributed by atoms with Crippen LogP contribution in [0.25, 0.3) is 0 Å². The van der Waals surface area contributed by atoms with Crippen LogP contribution in [-0.2, 0) is 4.74 Å². The fourth-order valence-electron chi connectivity index (χ4n) is 1.57. The molecule has 1 aromatic rings. The predicted molar refractivity (Wildman–Crippen MR) is 65.1 cm³/mol. The van der Waals surface area contributed by atoms with Crippen LogP contribution in [0.1, 0.15) is 11.6 Å². The molecule has 0 spiro atoms. The van der Waals surface area contributed by atoms with Crippen molar-refractivity contribution in [1.82, 2.24) is 5.32 Å². The lowest BCUT2D eigenvalue weighted by atomic mass is 10.1. The summed E-state index contributed by atoms with van der Waals surface area (Å²) >= 11 is 6.63. The molecule has 0 unspecified atom stereocenters. The number of aromatic hydroxyl groups is 1. The monoisotopic (exact) mass is 335 g/mol. The van der Waals surface area contributed by atoms with Gasteiger partial charge >= 0.3 is 0 Å². The summed E-state index contributed by atoms with van der Waals surface area (Å²) in [7, 11) is 0. The van der Waals surface area contributed by atoms with E-state index in [0.29, 0.717) is 15.6 Å². The van der Waals surface area contributed by atoms with Gasteiger partial charge in [0.15, 0.2) is 0 Å². The Morgan fingerprint density at radius 2 is 2.00 bits per heavy atom. The van der Waals surface area contributed by atoms with Crippen LogP contribution in [0.5, 0.6) is 5.75 Å². The van der Waals surface area contributed by atoms with Gasteiger partial charge in [-0.25, -0.2) is 0 Å². The Kier molecular flexibility index (Phi) is 3.66. The number of rotatable bonds is 1. The molecule has 2 N–H and O–H groups in total. The van der Waals surface area contributed by atoms with Crippen LogP contribution >= 0.6 is 31.9 Å². The molecule has 1 saturated heterocycles. The quantitative estimate of drug-likeness (QED) is 0.828. The van der Waals surface area contributed by atoms with E-state index in [9.17, 15) is 5.11 Å². The molecule has 2 rings (SSSR count). The van der Waals surface area contributed by atoms with Crippen LogP contribution in [0, 0.1) is 0 Å². The Hall–Kier alpha value is -0.100. The molecule has 1 fully saturated rings. The van der Waals surface area contributed by atoms with E-state index in [-0.39, 0.29) is 11.8 Å². The number of nitrogens with one attached hydrogen (secondary N) is 1. The number of phenolic OH excluding ortho intramolecular Hbond substituents is 1. The zero-order valence-corrected chi connectivity index (χ0v) is 11.1. The van der Waals surface area contributed by atoms with Gasteiger partial charge in [0.1, 0.15) is 5.75 Å². The van der Waals surface area contributed by atoms with E-state index < -0.39 is 0 Å². The molecule has 0 aromatic heterocycles. The average Bonchev–Trinajstić information content (AvgIpc) is 2.26. The number of phenols is 1. The summed E-state index contributed by atoms with van der Waals surface area (Å²) < 4.78 is 6.78. The number of halogens is 2. The van der Waals surface area contributed by atoms with Crippen molar-refractivity contribution < 1.29 is 9.84 Å². The molecule has 1 aromatic carbocycles. The van der Waals surface area contributed by atoms with Crippen molar-refractivity contribution in [2.45, 2.75) is 6.04 Å². The van der Waals surface area contributed by atoms with Crippen LogP contribution in [0.2, 0.25) is 0 Å². The first-order chi connectivity index (χ1) is 7.18. The first-order valence-electron chi connectivity index (χ1n) is 4.67. The number of benzene rings is 1. The third-order valence-corrected chi connectivity index (χ3v) is 3.57. The van der Waals surface area contributed by atoms with Gasteiger partial charge in [0, 0.05) is 6.54 Å². The molecular formula is C10H11Br2NO2. The highest BCUT2D eigenvalue weighted by molar-refractivity contribution is 9.11. The van der Waals surface area contributed by atoms with Gasteiger partial charge in [-0.2, -0.15) is 0 Å². The minimum absolute atomic E-state index is 0.201. The van der Waals surface area contributed by atoms with Crippen LogP contribution in [-0.4, -0.2) is 24.9 Å². The maximum Gasteiger partial charge on any atom is 0.143 e. The van der Waals surface area contributed by atoms with Crippen LogP contribution in [0.3, 0.4) is 0 Å². The first kappa shape index (κ1) is 11.4. The van der Waals surface area contributed by atoms with E-state index in [0.717, 1.165) is 18.7 Å². The lowest BCUT2D eigenvalue weighted by Gasteiger charge is -2.24. The van der Waals surface area contributed by atoms with E-state index in [1.54, 1.807) is 0 Å². The lowest BCUT2D eigenvalue weighted by molar-refractivity contribution is 0.0768. The number of ether oxygens (including phenoxy) is 1. The molecule has 1 heterocycles. The minimum Gasteiger partial charge on any atom is -0.506 e. The van der Waals surface area contributed by atoms with Gasteiger partial charge < -0.3 is 15.2 Å². The van der Waals surface area contributed by atoms with Crippen LogP contribution in [0.15, 0.2) is 21.1 Å². The van der Waals surface area contributed by atoms with Gasteiger partial charge in [-0.15, -0.1) is 0 Å². The van der Waals surface area contributed by atoms with Gasteiger partial charge in [0.25, 0.3) is 0 Å². The maximum absolute atomic E-state index is 9.58. The SMILES string of the molecule is Oc1c(Br)cc([C@H]2COCCN2)cc1Br. The average molecular weight is 337 g/mol. The highest BCUT2D eigenvalue weighted by atomic mass is 79.9. The summed E-state index contributed by atoms with van der Waals surface area (Å²) in [4.78, 5) is 0. The third kappa shape index (κ3) is 2.53. The van der Waals surface area contributed by atoms with Crippen molar-refractivity contribution in [3.63, 3.8) is 0 Å². The fourth-order valence-corrected chi connectivity index (χ4v) is 2.79. The third-order valence-electron chi connectivity index (χ3n) is 2.36. The predicted octanol–water partition coefficient (Wildman–Crippen LogP) is 2.58. The Morgan fingerprint density at radius 3 is 2.53 bits per heavy atom. The van der Waals surface area contributed by atoms with Crippen molar-refractivity contribution >= 4 is 31.9 Å². The molecule has 0 saturated carbocycles. The lowest BCUT2D eigenvalue weighted by Crippen LogP contribution is -2.34. The molecule has 0 bridgehead atoms. The van der Waals surface area contributed by atoms with E-state index in [1.165, 1.54) is 0 Å². The highest BCUT2D eigenvalue weighted by Gasteiger charge is 2.17. The second-order valence-corrected chi connectivity index (χ2v) is 5.12. The number of hydrogen-bond donors (Lipinski definition) is 2. The molecular weight excluding hydrogens is 326 g/mol. The van der Waals surface area contributed by atoms with Gasteiger partial charge in [0.2, 0.25) is 0 Å². The smallest absolute Gasteiger partial charge is 0.143 e. The fraction of sp³-hybridized carbons (Fsp3) is 0.400. The van der Waals surface area contributed by atoms with Crippen molar-refractivity contribution in [3.8, 4) is 5.75 Å². The van der Waals surface area contributed by atoms with Gasteiger partial charge in [0.05, 0.1) is 28.2 Å². The second-order valence-electron chi connectivity index (χ2n) is 3.41. The Bertz CT molecular complexity index is 341. The zero-order valence-electron chi connectivity index (χ0n) is 7.96. The van der Waals surface area contributed by atoms with E-state index >= 15 is 0 Å². The van der Waals surface area contributed by atoms with E-state index in [2.05, 4.69) is 37.2 Å². The molecule has 0 radical (unpaired) electrons. The summed E-state index contributed by atoms with van der Waals surface area (Å²) in [6.45, 7) is 2.29. The number of hydrogen-bond acceptors (Lipinski definition) is 3. The van der Waals surface area contributed by atoms with E-state index in [1.807, 2.05) is 12.1 Å². The second kappa shape index (κ2) is 4.82. The maximum atomic E-state index is 9.58. The molecule has 15 heavy (non-hydrogen) atoms. The van der Waals surface area contributed by atoms with Gasteiger partial charge in [-0.1, -0.05) is 0 Å². The zero-order chi connectivity index (χ0) is 10.8. The molecule has 5 heteroatoms. The summed E-state index contributed by atoms with van der Waals surface area (Å²) in [6.07, 6.45) is 0. The minimum atomic E-state index is 0.201. The molecule has 3 nitrogen and oxygen atoms in total. The van der Waals surface area contributed by atoms with Gasteiger partial charge in [-0.3, -0.25) is 0 Å². The van der Waals surface area contributed by atoms with Crippen LogP contribution < -0.4 is 5.32 Å². The molecule has 0 amide bonds. The highest BCUT2D eigenvalue weighted by Crippen LogP contribution is 2.35. The molecule has 82 valence electrons. The molecule has 1 atom stereocenters. The van der Waals surface area contributed by atoms with Crippen molar-refractivity contribution in [2.24, 2.45) is 0 Å². The first-order valence-corrected chi connectivity index (χ1v) is 6.26. The van der Waals surface area contributed by atoms with Crippen molar-refractivity contribution in [1.29, 1.82) is 0 Å². The Labute approximate surface area is 105 Å². The normalized spacial score (nSPS) is 21.6. The van der Waals surface area contributed by atoms with Gasteiger partial charge in [-0.05, 0) is 49.6 Å². The summed E-state index contributed by atoms with van der Waals surface area (Å²) in [5.74, 6) is 0.232. The van der Waals surface area contributed by atoms with E-state index in [4.69, 9.17) is 4.74 Å².